The summed E-state index contributed by atoms with van der Waals surface area (Å²) in [5, 5.41) is 30.2. The number of hydrogen-bond donors (Lipinski definition) is 3. The molecule has 57 heavy (non-hydrogen) atoms. The van der Waals surface area contributed by atoms with Crippen LogP contribution in [0.3, 0.4) is 0 Å². The van der Waals surface area contributed by atoms with Crippen molar-refractivity contribution in [1.29, 1.82) is 0 Å². The van der Waals surface area contributed by atoms with Gasteiger partial charge in [-0.15, -0.1) is 0 Å². The summed E-state index contributed by atoms with van der Waals surface area (Å²) in [7, 11) is 7.18. The zero-order chi connectivity index (χ0) is 39.4. The molecule has 0 radical (unpaired) electrons. The third kappa shape index (κ3) is 5.78. The third-order valence-electron chi connectivity index (χ3n) is 11.0. The fourth-order valence-corrected chi connectivity index (χ4v) is 7.98. The van der Waals surface area contributed by atoms with E-state index in [1.165, 1.54) is 0 Å². The Morgan fingerprint density at radius 1 is 0.667 bits per heavy atom. The zero-order valence-electron chi connectivity index (χ0n) is 32.0. The lowest BCUT2D eigenvalue weighted by atomic mass is 9.73. The van der Waals surface area contributed by atoms with Crippen LogP contribution in [0.1, 0.15) is 11.1 Å². The topological polar surface area (TPSA) is 108 Å². The highest BCUT2D eigenvalue weighted by atomic mass is 16.3. The molecule has 9 rings (SSSR count). The summed E-state index contributed by atoms with van der Waals surface area (Å²) in [5.74, 6) is 0.468. The van der Waals surface area contributed by atoms with E-state index in [9.17, 15) is 10.2 Å². The van der Waals surface area contributed by atoms with E-state index in [0.29, 0.717) is 39.1 Å². The summed E-state index contributed by atoms with van der Waals surface area (Å²) < 4.78 is 8.62. The number of aromatic hydroxyl groups is 2. The molecule has 9 aromatic rings. The van der Waals surface area contributed by atoms with Gasteiger partial charge >= 0.3 is 0 Å². The van der Waals surface area contributed by atoms with Crippen LogP contribution < -0.4 is 21.7 Å². The molecule has 0 aliphatic carbocycles. The number of benzene rings is 7. The van der Waals surface area contributed by atoms with Crippen molar-refractivity contribution in [2.45, 2.75) is 0 Å². The number of hydrogen-bond acceptors (Lipinski definition) is 5. The Balaban J connectivity index is 1.34. The van der Waals surface area contributed by atoms with E-state index < -0.39 is 0 Å². The van der Waals surface area contributed by atoms with Gasteiger partial charge in [0.25, 0.3) is 0 Å². The lowest BCUT2D eigenvalue weighted by Crippen LogP contribution is -2.34. The molecule has 2 aromatic heterocycles. The molecular formula is C46H36B3N5O3. The number of anilines is 1. The molecule has 11 heteroatoms. The minimum absolute atomic E-state index is 0.0263. The van der Waals surface area contributed by atoms with E-state index in [0.717, 1.165) is 60.7 Å². The zero-order valence-corrected chi connectivity index (χ0v) is 32.0. The number of nitrogens with zero attached hydrogens (tertiary/aromatic N) is 4. The molecule has 0 aliphatic heterocycles. The normalized spacial score (nSPS) is 12.2. The first-order chi connectivity index (χ1) is 27.8. The number of phenolic OH excluding ortho intramolecular Hbond substituents is 2. The van der Waals surface area contributed by atoms with Crippen molar-refractivity contribution in [3.8, 4) is 28.3 Å². The number of amidine groups is 2. The lowest BCUT2D eigenvalue weighted by Gasteiger charge is -2.17. The maximum atomic E-state index is 11.5. The van der Waals surface area contributed by atoms with Crippen molar-refractivity contribution < 1.29 is 14.6 Å². The van der Waals surface area contributed by atoms with Crippen molar-refractivity contribution in [2.75, 3.05) is 12.4 Å². The first-order valence-corrected chi connectivity index (χ1v) is 18.8. The number of fused-ring (bicyclic) bond motifs is 6. The molecule has 0 bridgehead atoms. The molecular weight excluding hydrogens is 703 g/mol. The second-order valence-electron chi connectivity index (χ2n) is 14.1. The Labute approximate surface area is 331 Å². The lowest BCUT2D eigenvalue weighted by molar-refractivity contribution is 0.469. The molecule has 0 atom stereocenters. The highest BCUT2D eigenvalue weighted by Crippen LogP contribution is 2.45. The molecule has 2 heterocycles. The summed E-state index contributed by atoms with van der Waals surface area (Å²) in [6, 6.07) is 45.0. The van der Waals surface area contributed by atoms with Crippen molar-refractivity contribution >= 4 is 113 Å². The fourth-order valence-electron chi connectivity index (χ4n) is 7.98. The Bertz CT molecular complexity index is 3120. The second kappa shape index (κ2) is 14.1. The predicted octanol–water partition coefficient (Wildman–Crippen LogP) is 5.80. The summed E-state index contributed by atoms with van der Waals surface area (Å²) in [5.41, 5.74) is 10.6. The van der Waals surface area contributed by atoms with E-state index in [1.54, 1.807) is 23.5 Å². The first kappa shape index (κ1) is 35.4. The van der Waals surface area contributed by atoms with Gasteiger partial charge in [0.05, 0.1) is 22.3 Å². The Hall–Kier alpha value is -7.26. The van der Waals surface area contributed by atoms with Crippen LogP contribution in [-0.2, 0) is 0 Å². The van der Waals surface area contributed by atoms with Crippen molar-refractivity contribution in [3.63, 3.8) is 0 Å². The van der Waals surface area contributed by atoms with Crippen molar-refractivity contribution in [3.05, 3.63) is 145 Å². The van der Waals surface area contributed by atoms with Gasteiger partial charge in [0.2, 0.25) is 0 Å². The third-order valence-corrected chi connectivity index (χ3v) is 11.0. The maximum Gasteiger partial charge on any atom is 0.164 e. The number of para-hydroxylation sites is 4. The largest absolute Gasteiger partial charge is 0.509 e. The summed E-state index contributed by atoms with van der Waals surface area (Å²) in [6.45, 7) is 3.85. The predicted molar refractivity (Wildman–Crippen MR) is 246 cm³/mol. The monoisotopic (exact) mass is 739 g/mol. The quantitative estimate of drug-likeness (QED) is 0.0868. The fraction of sp³-hybridized carbons (Fsp3) is 0.0217. The summed E-state index contributed by atoms with van der Waals surface area (Å²) in [4.78, 5) is 14.7. The second-order valence-corrected chi connectivity index (χ2v) is 14.1. The number of aromatic nitrogens is 1. The summed E-state index contributed by atoms with van der Waals surface area (Å²) in [6.07, 6.45) is 0. The highest BCUT2D eigenvalue weighted by Gasteiger charge is 2.23. The smallest absolute Gasteiger partial charge is 0.164 e. The molecule has 272 valence electrons. The van der Waals surface area contributed by atoms with Gasteiger partial charge in [-0.05, 0) is 72.2 Å². The van der Waals surface area contributed by atoms with Gasteiger partial charge < -0.3 is 24.5 Å². The van der Waals surface area contributed by atoms with Crippen LogP contribution in [0.15, 0.2) is 153 Å². The van der Waals surface area contributed by atoms with E-state index >= 15 is 0 Å². The minimum Gasteiger partial charge on any atom is -0.509 e. The van der Waals surface area contributed by atoms with Crippen LogP contribution in [0, 0.1) is 0 Å². The number of rotatable bonds is 6. The molecule has 0 saturated heterocycles. The van der Waals surface area contributed by atoms with E-state index in [2.05, 4.69) is 88.3 Å². The summed E-state index contributed by atoms with van der Waals surface area (Å²) >= 11 is 0. The Kier molecular flexibility index (Phi) is 8.77. The van der Waals surface area contributed by atoms with Gasteiger partial charge in [0.15, 0.2) is 11.7 Å². The van der Waals surface area contributed by atoms with Gasteiger partial charge in [-0.25, -0.2) is 15.0 Å². The SMILES string of the molecule is Bc1c(B)c(O)c(/C(N=C)=N/C(=N\c2ccccc2-c2c(NC)ccc3c2c2ccccc2n3-c2ccccc2)c2ccc3c(c2)oc2ccccc23)c(B)c1O. The molecule has 8 nitrogen and oxygen atoms in total. The van der Waals surface area contributed by atoms with Gasteiger partial charge in [0.1, 0.15) is 46.2 Å². The molecule has 0 aliphatic rings. The molecule has 0 spiro atoms. The standard InChI is InChI=1S/C46H36B3N5O3/c1-50-32-22-23-34-38(30-16-7-10-18-33(30)54(34)26-12-4-3-5-13-26)37(32)29-15-6-9-17-31(29)52-45(25-20-21-28-27-14-8-11-19-35(27)57-36(28)24-25)53-46(51-2)39-40(47)44(56)42(49)41(48)43(39)55/h3-24,50,55-56H,2,47-49H2,1H3/b52-45-,53-46-. The van der Waals surface area contributed by atoms with Crippen molar-refractivity contribution in [2.24, 2.45) is 15.0 Å². The van der Waals surface area contributed by atoms with E-state index in [4.69, 9.17) is 14.4 Å². The van der Waals surface area contributed by atoms with E-state index in [-0.39, 0.29) is 22.9 Å². The molecule has 0 fully saturated rings. The van der Waals surface area contributed by atoms with Gasteiger partial charge in [-0.2, -0.15) is 0 Å². The number of nitrogens with one attached hydrogen (secondary N) is 1. The van der Waals surface area contributed by atoms with Gasteiger partial charge in [-0.3, -0.25) is 0 Å². The first-order valence-electron chi connectivity index (χ1n) is 18.8. The number of phenols is 2. The average molecular weight is 739 g/mol. The van der Waals surface area contributed by atoms with E-state index in [1.807, 2.05) is 73.8 Å². The maximum absolute atomic E-state index is 11.5. The van der Waals surface area contributed by atoms with Crippen LogP contribution in [0.2, 0.25) is 0 Å². The number of furan rings is 1. The van der Waals surface area contributed by atoms with Crippen LogP contribution in [0.4, 0.5) is 11.4 Å². The van der Waals surface area contributed by atoms with Gasteiger partial charge in [-0.1, -0.05) is 84.3 Å². The minimum atomic E-state index is -0.0263. The molecule has 3 N–H and O–H groups in total. The van der Waals surface area contributed by atoms with Gasteiger partial charge in [0, 0.05) is 56.7 Å². The van der Waals surface area contributed by atoms with Crippen LogP contribution in [-0.4, -0.2) is 63.8 Å². The Morgan fingerprint density at radius 2 is 1.35 bits per heavy atom. The van der Waals surface area contributed by atoms with Crippen molar-refractivity contribution in [1.82, 2.24) is 4.57 Å². The highest BCUT2D eigenvalue weighted by molar-refractivity contribution is 6.55. The molecule has 0 saturated carbocycles. The van der Waals surface area contributed by atoms with Crippen LogP contribution in [0.25, 0.3) is 60.6 Å². The average Bonchev–Trinajstić information content (AvgIpc) is 3.80. The molecule has 0 amide bonds. The molecule has 0 unspecified atom stereocenters. The van der Waals surface area contributed by atoms with Crippen LogP contribution >= 0.6 is 0 Å². The molecule has 7 aromatic carbocycles. The number of aliphatic imine (C=N–C) groups is 3. The Morgan fingerprint density at radius 3 is 2.14 bits per heavy atom. The van der Waals surface area contributed by atoms with Crippen LogP contribution in [0.5, 0.6) is 11.5 Å².